The van der Waals surface area contributed by atoms with Crippen LogP contribution in [0.15, 0.2) is 77.9 Å². The van der Waals surface area contributed by atoms with Gasteiger partial charge in [-0.1, -0.05) is 108 Å². The first-order valence-corrected chi connectivity index (χ1v) is 11.9. The van der Waals surface area contributed by atoms with E-state index in [4.69, 9.17) is 0 Å². The van der Waals surface area contributed by atoms with Crippen LogP contribution in [0.1, 0.15) is 82.9 Å². The lowest BCUT2D eigenvalue weighted by Crippen LogP contribution is -2.08. The predicted octanol–water partition coefficient (Wildman–Crippen LogP) is 8.68. The molecule has 0 heteroatoms. The van der Waals surface area contributed by atoms with E-state index in [-0.39, 0.29) is 0 Å². The quantitative estimate of drug-likeness (QED) is 0.369. The van der Waals surface area contributed by atoms with E-state index in [0.29, 0.717) is 17.3 Å². The molecule has 0 saturated carbocycles. The van der Waals surface area contributed by atoms with Crippen LogP contribution in [0.4, 0.5) is 0 Å². The first-order valence-electron chi connectivity index (χ1n) is 11.9. The van der Waals surface area contributed by atoms with E-state index in [1.54, 1.807) is 11.1 Å². The molecule has 0 radical (unpaired) electrons. The van der Waals surface area contributed by atoms with Gasteiger partial charge in [-0.05, 0) is 71.3 Å². The number of hydrogen-bond donors (Lipinski definition) is 0. The van der Waals surface area contributed by atoms with Gasteiger partial charge in [0.2, 0.25) is 0 Å². The van der Waals surface area contributed by atoms with Gasteiger partial charge in [0.15, 0.2) is 0 Å². The molecule has 160 valence electrons. The summed E-state index contributed by atoms with van der Waals surface area (Å²) in [4.78, 5) is 0. The van der Waals surface area contributed by atoms with Crippen LogP contribution >= 0.6 is 0 Å². The Hall–Kier alpha value is -2.08. The lowest BCUT2D eigenvalue weighted by Gasteiger charge is -2.18. The van der Waals surface area contributed by atoms with Crippen molar-refractivity contribution in [3.63, 3.8) is 0 Å². The predicted molar refractivity (Wildman–Crippen MR) is 132 cm³/mol. The molecule has 0 heterocycles. The Labute approximate surface area is 185 Å². The first-order chi connectivity index (χ1) is 14.4. The number of hydrogen-bond acceptors (Lipinski definition) is 0. The lowest BCUT2D eigenvalue weighted by molar-refractivity contribution is 0.411. The minimum atomic E-state index is 0.359. The Kier molecular flexibility index (Phi) is 7.75. The van der Waals surface area contributed by atoms with E-state index in [1.165, 1.54) is 42.4 Å². The number of benzene rings is 2. The van der Waals surface area contributed by atoms with Crippen molar-refractivity contribution in [2.75, 3.05) is 0 Å². The smallest absolute Gasteiger partial charge is 0.0210 e. The van der Waals surface area contributed by atoms with E-state index in [9.17, 15) is 0 Å². The summed E-state index contributed by atoms with van der Waals surface area (Å²) >= 11 is 0. The van der Waals surface area contributed by atoms with Gasteiger partial charge in [-0.25, -0.2) is 0 Å². The summed E-state index contributed by atoms with van der Waals surface area (Å²) in [6.45, 7) is 11.6. The van der Waals surface area contributed by atoms with E-state index < -0.39 is 0 Å². The van der Waals surface area contributed by atoms with Crippen molar-refractivity contribution < 1.29 is 0 Å². The second-order valence-corrected chi connectivity index (χ2v) is 10.3. The zero-order chi connectivity index (χ0) is 21.6. The average Bonchev–Trinajstić information content (AvgIpc) is 3.16. The largest absolute Gasteiger partial charge is 0.0697 e. The molecule has 0 amide bonds. The summed E-state index contributed by atoms with van der Waals surface area (Å²) in [5.74, 6) is 1.12. The Morgan fingerprint density at radius 1 is 0.833 bits per heavy atom. The van der Waals surface area contributed by atoms with Crippen LogP contribution < -0.4 is 0 Å². The summed E-state index contributed by atoms with van der Waals surface area (Å²) < 4.78 is 0. The van der Waals surface area contributed by atoms with E-state index >= 15 is 0 Å². The van der Waals surface area contributed by atoms with E-state index in [1.807, 2.05) is 0 Å². The van der Waals surface area contributed by atoms with Crippen LogP contribution in [0.5, 0.6) is 0 Å². The maximum Gasteiger partial charge on any atom is 0.0210 e. The van der Waals surface area contributed by atoms with Gasteiger partial charge in [-0.2, -0.15) is 0 Å². The molecule has 2 aromatic rings. The zero-order valence-corrected chi connectivity index (χ0v) is 19.7. The molecule has 1 aliphatic rings. The van der Waals surface area contributed by atoms with Crippen LogP contribution in [-0.4, -0.2) is 0 Å². The molecule has 0 fully saturated rings. The maximum absolute atomic E-state index is 2.52. The van der Waals surface area contributed by atoms with Gasteiger partial charge in [0, 0.05) is 5.92 Å². The number of rotatable bonds is 9. The fourth-order valence-corrected chi connectivity index (χ4v) is 4.70. The molecule has 1 aliphatic carbocycles. The van der Waals surface area contributed by atoms with Crippen LogP contribution in [-0.2, 0) is 12.8 Å². The van der Waals surface area contributed by atoms with E-state index in [0.717, 1.165) is 12.8 Å². The molecule has 0 aliphatic heterocycles. The molecule has 0 spiro atoms. The highest BCUT2D eigenvalue weighted by molar-refractivity contribution is 5.46. The van der Waals surface area contributed by atoms with Crippen molar-refractivity contribution in [1.29, 1.82) is 0 Å². The van der Waals surface area contributed by atoms with Gasteiger partial charge in [0.25, 0.3) is 0 Å². The van der Waals surface area contributed by atoms with Crippen LogP contribution in [0.2, 0.25) is 0 Å². The minimum Gasteiger partial charge on any atom is -0.0697 e. The van der Waals surface area contributed by atoms with Crippen molar-refractivity contribution >= 4 is 0 Å². The SMILES string of the molecule is CCC1=CC(c2ccccc2)C=C1C(C)CCCCc1ccc(CC(C)(C)C)cc1. The molecule has 3 rings (SSSR count). The molecule has 0 aromatic heterocycles. The topological polar surface area (TPSA) is 0 Å². The summed E-state index contributed by atoms with van der Waals surface area (Å²) in [5, 5.41) is 0. The zero-order valence-electron chi connectivity index (χ0n) is 19.7. The molecule has 30 heavy (non-hydrogen) atoms. The minimum absolute atomic E-state index is 0.359. The summed E-state index contributed by atoms with van der Waals surface area (Å²) in [6, 6.07) is 20.3. The standard InChI is InChI=1S/C30H40/c1-6-26-20-28(27-14-8-7-9-15-27)21-29(26)23(2)12-10-11-13-24-16-18-25(19-17-24)22-30(3,4)5/h7-9,14-21,23,28H,6,10-13,22H2,1-5H3. The third kappa shape index (κ3) is 6.46. The summed E-state index contributed by atoms with van der Waals surface area (Å²) in [6.07, 6.45) is 12.4. The molecular weight excluding hydrogens is 360 g/mol. The van der Waals surface area contributed by atoms with Gasteiger partial charge >= 0.3 is 0 Å². The average molecular weight is 401 g/mol. The van der Waals surface area contributed by atoms with Crippen LogP contribution in [0, 0.1) is 11.3 Å². The highest BCUT2D eigenvalue weighted by atomic mass is 14.3. The van der Waals surface area contributed by atoms with Gasteiger partial charge in [0.1, 0.15) is 0 Å². The third-order valence-corrected chi connectivity index (χ3v) is 6.32. The molecule has 2 unspecified atom stereocenters. The third-order valence-electron chi connectivity index (χ3n) is 6.32. The van der Waals surface area contributed by atoms with Crippen molar-refractivity contribution in [2.24, 2.45) is 11.3 Å². The molecule has 0 bridgehead atoms. The number of allylic oxidation sites excluding steroid dienone is 4. The van der Waals surface area contributed by atoms with Crippen molar-refractivity contribution in [2.45, 2.75) is 79.1 Å². The van der Waals surface area contributed by atoms with Crippen molar-refractivity contribution in [3.8, 4) is 0 Å². The van der Waals surface area contributed by atoms with Crippen LogP contribution in [0.25, 0.3) is 0 Å². The van der Waals surface area contributed by atoms with Crippen LogP contribution in [0.3, 0.4) is 0 Å². The van der Waals surface area contributed by atoms with Gasteiger partial charge in [0.05, 0.1) is 0 Å². The first kappa shape index (κ1) is 22.6. The highest BCUT2D eigenvalue weighted by Gasteiger charge is 2.21. The fraction of sp³-hybridized carbons (Fsp3) is 0.467. The van der Waals surface area contributed by atoms with Crippen molar-refractivity contribution in [3.05, 3.63) is 94.6 Å². The normalized spacial score (nSPS) is 17.6. The molecule has 0 saturated heterocycles. The summed E-state index contributed by atoms with van der Waals surface area (Å²) in [7, 11) is 0. The molecule has 0 nitrogen and oxygen atoms in total. The molecular formula is C30H40. The van der Waals surface area contributed by atoms with E-state index in [2.05, 4.69) is 101 Å². The number of unbranched alkanes of at least 4 members (excludes halogenated alkanes) is 1. The fourth-order valence-electron chi connectivity index (χ4n) is 4.70. The highest BCUT2D eigenvalue weighted by Crippen LogP contribution is 2.38. The number of aryl methyl sites for hydroxylation is 1. The Morgan fingerprint density at radius 2 is 1.50 bits per heavy atom. The van der Waals surface area contributed by atoms with Gasteiger partial charge < -0.3 is 0 Å². The van der Waals surface area contributed by atoms with Gasteiger partial charge in [-0.3, -0.25) is 0 Å². The second kappa shape index (κ2) is 10.3. The Balaban J connectivity index is 1.48. The lowest BCUT2D eigenvalue weighted by atomic mass is 9.87. The molecule has 0 N–H and O–H groups in total. The summed E-state index contributed by atoms with van der Waals surface area (Å²) in [5.41, 5.74) is 7.88. The molecule has 2 atom stereocenters. The molecule has 2 aromatic carbocycles. The van der Waals surface area contributed by atoms with Gasteiger partial charge in [-0.15, -0.1) is 0 Å². The Morgan fingerprint density at radius 3 is 2.13 bits per heavy atom. The Bertz CT molecular complexity index is 843. The van der Waals surface area contributed by atoms with Crippen molar-refractivity contribution in [1.82, 2.24) is 0 Å². The second-order valence-electron chi connectivity index (χ2n) is 10.3. The maximum atomic E-state index is 2.52. The monoisotopic (exact) mass is 400 g/mol.